The number of carbonyl (C=O) groups is 1. The Bertz CT molecular complexity index is 505. The smallest absolute Gasteiger partial charge is 0.350 e. The van der Waals surface area contributed by atoms with E-state index in [1.54, 1.807) is 19.5 Å². The van der Waals surface area contributed by atoms with Crippen molar-refractivity contribution in [2.45, 2.75) is 13.5 Å². The number of rotatable bonds is 4. The summed E-state index contributed by atoms with van der Waals surface area (Å²) in [5, 5.41) is 3.83. The minimum absolute atomic E-state index is 0.351. The van der Waals surface area contributed by atoms with Crippen molar-refractivity contribution >= 4 is 22.4 Å². The number of furan rings is 1. The molecule has 0 aliphatic heterocycles. The van der Waals surface area contributed by atoms with Gasteiger partial charge < -0.3 is 14.5 Å². The third-order valence-electron chi connectivity index (χ3n) is 2.19. The molecule has 1 N–H and O–H groups in total. The van der Waals surface area contributed by atoms with Crippen molar-refractivity contribution in [3.05, 3.63) is 34.7 Å². The molecule has 90 valence electrons. The molecule has 0 bridgehead atoms. The monoisotopic (exact) mass is 252 g/mol. The van der Waals surface area contributed by atoms with E-state index in [4.69, 9.17) is 4.42 Å². The van der Waals surface area contributed by atoms with Crippen LogP contribution in [0.5, 0.6) is 0 Å². The van der Waals surface area contributed by atoms with Crippen molar-refractivity contribution in [2.75, 3.05) is 12.4 Å². The number of carbonyl (C=O) groups excluding carboxylic acids is 1. The molecule has 0 aliphatic rings. The standard InChI is InChI=1S/C11H12N2O3S/c1-7-9(10(14)15-2)17-11(13-7)12-5-8-3-4-16-6-8/h3-4,6H,5H2,1-2H3,(H,12,13). The van der Waals surface area contributed by atoms with E-state index in [2.05, 4.69) is 15.0 Å². The second-order valence-corrected chi connectivity index (χ2v) is 4.41. The van der Waals surface area contributed by atoms with E-state index in [-0.39, 0.29) is 5.97 Å². The first kappa shape index (κ1) is 11.7. The van der Waals surface area contributed by atoms with Gasteiger partial charge in [-0.05, 0) is 13.0 Å². The predicted octanol–water partition coefficient (Wildman–Crippen LogP) is 2.44. The van der Waals surface area contributed by atoms with Crippen LogP contribution in [0, 0.1) is 6.92 Å². The summed E-state index contributed by atoms with van der Waals surface area (Å²) >= 11 is 1.29. The van der Waals surface area contributed by atoms with E-state index in [1.165, 1.54) is 18.4 Å². The molecule has 0 aliphatic carbocycles. The number of thiazole rings is 1. The van der Waals surface area contributed by atoms with Crippen LogP contribution in [-0.2, 0) is 11.3 Å². The summed E-state index contributed by atoms with van der Waals surface area (Å²) < 4.78 is 9.63. The maximum absolute atomic E-state index is 11.4. The lowest BCUT2D eigenvalue weighted by atomic mass is 10.3. The molecular weight excluding hydrogens is 240 g/mol. The van der Waals surface area contributed by atoms with Crippen LogP contribution < -0.4 is 5.32 Å². The molecule has 0 aromatic carbocycles. The Hall–Kier alpha value is -1.82. The third kappa shape index (κ3) is 2.65. The van der Waals surface area contributed by atoms with Crippen molar-refractivity contribution < 1.29 is 13.9 Å². The maximum atomic E-state index is 11.4. The number of methoxy groups -OCH3 is 1. The van der Waals surface area contributed by atoms with E-state index < -0.39 is 0 Å². The summed E-state index contributed by atoms with van der Waals surface area (Å²) in [6.45, 7) is 2.40. The lowest BCUT2D eigenvalue weighted by Gasteiger charge is -1.97. The highest BCUT2D eigenvalue weighted by atomic mass is 32.1. The molecule has 2 aromatic rings. The highest BCUT2D eigenvalue weighted by molar-refractivity contribution is 7.17. The van der Waals surface area contributed by atoms with E-state index in [0.29, 0.717) is 22.2 Å². The molecule has 6 heteroatoms. The Kier molecular flexibility index (Phi) is 3.43. The van der Waals surface area contributed by atoms with Gasteiger partial charge in [0.1, 0.15) is 4.88 Å². The Morgan fingerprint density at radius 3 is 3.12 bits per heavy atom. The number of nitrogens with zero attached hydrogens (tertiary/aromatic N) is 1. The molecule has 2 aromatic heterocycles. The minimum atomic E-state index is -0.351. The van der Waals surface area contributed by atoms with Crippen molar-refractivity contribution in [1.29, 1.82) is 0 Å². The lowest BCUT2D eigenvalue weighted by molar-refractivity contribution is 0.0605. The van der Waals surface area contributed by atoms with Crippen LogP contribution in [0.3, 0.4) is 0 Å². The van der Waals surface area contributed by atoms with Crippen LogP contribution in [0.4, 0.5) is 5.13 Å². The zero-order valence-electron chi connectivity index (χ0n) is 9.52. The van der Waals surface area contributed by atoms with Crippen molar-refractivity contribution in [3.63, 3.8) is 0 Å². The van der Waals surface area contributed by atoms with Crippen LogP contribution in [0.15, 0.2) is 23.0 Å². The Morgan fingerprint density at radius 1 is 1.65 bits per heavy atom. The molecule has 0 amide bonds. The van der Waals surface area contributed by atoms with Gasteiger partial charge in [-0.3, -0.25) is 0 Å². The first-order valence-electron chi connectivity index (χ1n) is 5.01. The van der Waals surface area contributed by atoms with Crippen LogP contribution in [-0.4, -0.2) is 18.1 Å². The summed E-state index contributed by atoms with van der Waals surface area (Å²) in [6, 6.07) is 1.87. The summed E-state index contributed by atoms with van der Waals surface area (Å²) in [5.74, 6) is -0.351. The third-order valence-corrected chi connectivity index (χ3v) is 3.29. The molecule has 0 spiro atoms. The number of anilines is 1. The number of esters is 1. The molecule has 0 saturated carbocycles. The highest BCUT2D eigenvalue weighted by Crippen LogP contribution is 2.23. The van der Waals surface area contributed by atoms with Gasteiger partial charge in [-0.2, -0.15) is 0 Å². The van der Waals surface area contributed by atoms with E-state index >= 15 is 0 Å². The molecule has 0 atom stereocenters. The van der Waals surface area contributed by atoms with Gasteiger partial charge in [-0.15, -0.1) is 0 Å². The van der Waals surface area contributed by atoms with Crippen molar-refractivity contribution in [2.24, 2.45) is 0 Å². The second kappa shape index (κ2) is 5.01. The molecular formula is C11H12N2O3S. The van der Waals surface area contributed by atoms with Crippen LogP contribution in [0.25, 0.3) is 0 Å². The number of aryl methyl sites for hydroxylation is 1. The molecule has 2 heterocycles. The van der Waals surface area contributed by atoms with Gasteiger partial charge >= 0.3 is 5.97 Å². The first-order chi connectivity index (χ1) is 8.20. The Morgan fingerprint density at radius 2 is 2.47 bits per heavy atom. The Labute approximate surface area is 102 Å². The molecule has 17 heavy (non-hydrogen) atoms. The van der Waals surface area contributed by atoms with Gasteiger partial charge in [0.2, 0.25) is 0 Å². The van der Waals surface area contributed by atoms with Crippen LogP contribution >= 0.6 is 11.3 Å². The SMILES string of the molecule is COC(=O)c1sc(NCc2ccoc2)nc1C. The molecule has 0 fully saturated rings. The van der Waals surface area contributed by atoms with Crippen molar-refractivity contribution in [1.82, 2.24) is 4.98 Å². The molecule has 5 nitrogen and oxygen atoms in total. The highest BCUT2D eigenvalue weighted by Gasteiger charge is 2.15. The van der Waals surface area contributed by atoms with Gasteiger partial charge in [0.25, 0.3) is 0 Å². The number of ether oxygens (including phenoxy) is 1. The van der Waals surface area contributed by atoms with E-state index in [9.17, 15) is 4.79 Å². The summed E-state index contributed by atoms with van der Waals surface area (Å²) in [7, 11) is 1.36. The number of nitrogens with one attached hydrogen (secondary N) is 1. The number of hydrogen-bond acceptors (Lipinski definition) is 6. The number of aromatic nitrogens is 1. The van der Waals surface area contributed by atoms with Gasteiger partial charge in [0.15, 0.2) is 5.13 Å². The topological polar surface area (TPSA) is 64.4 Å². The predicted molar refractivity (Wildman–Crippen MR) is 64.2 cm³/mol. The van der Waals surface area contributed by atoms with Crippen molar-refractivity contribution in [3.8, 4) is 0 Å². The van der Waals surface area contributed by atoms with Gasteiger partial charge in [-0.25, -0.2) is 9.78 Å². The fourth-order valence-corrected chi connectivity index (χ4v) is 2.21. The maximum Gasteiger partial charge on any atom is 0.350 e. The summed E-state index contributed by atoms with van der Waals surface area (Å²) in [4.78, 5) is 16.2. The fraction of sp³-hybridized carbons (Fsp3) is 0.273. The first-order valence-corrected chi connectivity index (χ1v) is 5.83. The Balaban J connectivity index is 2.05. The molecule has 2 rings (SSSR count). The minimum Gasteiger partial charge on any atom is -0.472 e. The zero-order chi connectivity index (χ0) is 12.3. The molecule has 0 saturated heterocycles. The van der Waals surface area contributed by atoms with Gasteiger partial charge in [0, 0.05) is 12.1 Å². The second-order valence-electron chi connectivity index (χ2n) is 3.41. The van der Waals surface area contributed by atoms with Crippen LogP contribution in [0.1, 0.15) is 20.9 Å². The zero-order valence-corrected chi connectivity index (χ0v) is 10.3. The average Bonchev–Trinajstić information content (AvgIpc) is 2.94. The van der Waals surface area contributed by atoms with Gasteiger partial charge in [0.05, 0.1) is 25.3 Å². The van der Waals surface area contributed by atoms with Gasteiger partial charge in [-0.1, -0.05) is 11.3 Å². The summed E-state index contributed by atoms with van der Waals surface area (Å²) in [6.07, 6.45) is 3.28. The normalized spacial score (nSPS) is 10.2. The lowest BCUT2D eigenvalue weighted by Crippen LogP contribution is -1.99. The fourth-order valence-electron chi connectivity index (χ4n) is 1.33. The molecule has 0 unspecified atom stereocenters. The van der Waals surface area contributed by atoms with E-state index in [0.717, 1.165) is 5.56 Å². The quantitative estimate of drug-likeness (QED) is 0.847. The number of hydrogen-bond donors (Lipinski definition) is 1. The average molecular weight is 252 g/mol. The van der Waals surface area contributed by atoms with Crippen LogP contribution in [0.2, 0.25) is 0 Å². The summed E-state index contributed by atoms with van der Waals surface area (Å²) in [5.41, 5.74) is 1.70. The van der Waals surface area contributed by atoms with E-state index in [1.807, 2.05) is 6.07 Å². The largest absolute Gasteiger partial charge is 0.472 e. The molecule has 0 radical (unpaired) electrons.